The van der Waals surface area contributed by atoms with Gasteiger partial charge in [0.15, 0.2) is 0 Å². The van der Waals surface area contributed by atoms with Crippen LogP contribution in [0.1, 0.15) is 11.1 Å². The summed E-state index contributed by atoms with van der Waals surface area (Å²) in [5.41, 5.74) is 8.05. The first-order chi connectivity index (χ1) is 13.5. The smallest absolute Gasteiger partial charge is 0.238 e. The molecule has 29 heavy (non-hydrogen) atoms. The van der Waals surface area contributed by atoms with E-state index in [2.05, 4.69) is 31.6 Å². The van der Waals surface area contributed by atoms with Gasteiger partial charge in [-0.05, 0) is 52.7 Å². The van der Waals surface area contributed by atoms with E-state index in [0.29, 0.717) is 37.9 Å². The Morgan fingerprint density at radius 2 is 2.00 bits per heavy atom. The number of methoxy groups -OCH3 is 1. The lowest BCUT2D eigenvalue weighted by molar-refractivity contribution is 0.409. The van der Waals surface area contributed by atoms with Gasteiger partial charge in [-0.1, -0.05) is 23.7 Å². The monoisotopic (exact) mass is 499 g/mol. The van der Waals surface area contributed by atoms with Crippen LogP contribution in [0.15, 0.2) is 57.0 Å². The van der Waals surface area contributed by atoms with Gasteiger partial charge < -0.3 is 15.4 Å². The highest BCUT2D eigenvalue weighted by Gasteiger charge is 2.31. The fourth-order valence-corrected chi connectivity index (χ4v) is 4.13. The summed E-state index contributed by atoms with van der Waals surface area (Å²) in [6, 6.07) is 9.92. The molecule has 1 atom stereocenters. The maximum absolute atomic E-state index is 11.9. The number of hydrogen-bond donors (Lipinski definition) is 4. The molecule has 6 N–H and O–H groups in total. The minimum Gasteiger partial charge on any atom is -0.495 e. The average molecular weight is 501 g/mol. The summed E-state index contributed by atoms with van der Waals surface area (Å²) < 4.78 is 29.5. The normalized spacial score (nSPS) is 19.1. The standard InChI is InChI=1S/C18H19BrClN5O3S/c1-10-3-4-11(7-16(10)29(22,26)27)18(21)23-9-13(19)17(25-18)24-12-5-6-15(28-2)14(20)8-12/h3-9,23H,21H2,1-2H3,(H,24,25)(H2,22,26,27). The third-order valence-electron chi connectivity index (χ3n) is 4.28. The molecule has 1 heterocycles. The van der Waals surface area contributed by atoms with Crippen molar-refractivity contribution in [3.63, 3.8) is 0 Å². The van der Waals surface area contributed by atoms with Gasteiger partial charge in [-0.3, -0.25) is 5.73 Å². The predicted molar refractivity (Wildman–Crippen MR) is 118 cm³/mol. The first-order valence-electron chi connectivity index (χ1n) is 8.30. The molecule has 8 nitrogen and oxygen atoms in total. The second kappa shape index (κ2) is 7.96. The van der Waals surface area contributed by atoms with Crippen molar-refractivity contribution >= 4 is 49.1 Å². The third-order valence-corrected chi connectivity index (χ3v) is 6.24. The largest absolute Gasteiger partial charge is 0.495 e. The molecule has 11 heteroatoms. The van der Waals surface area contributed by atoms with Crippen LogP contribution in [-0.2, 0) is 15.8 Å². The van der Waals surface area contributed by atoms with Crippen LogP contribution in [0.4, 0.5) is 5.69 Å². The molecule has 0 aliphatic carbocycles. The molecule has 0 saturated heterocycles. The Hall–Kier alpha value is -2.11. The number of aryl methyl sites for hydroxylation is 1. The van der Waals surface area contributed by atoms with Gasteiger partial charge in [-0.2, -0.15) is 0 Å². The summed E-state index contributed by atoms with van der Waals surface area (Å²) in [5, 5.41) is 11.8. The fraction of sp³-hybridized carbons (Fsp3) is 0.167. The molecule has 0 saturated carbocycles. The molecule has 0 fully saturated rings. The van der Waals surface area contributed by atoms with Crippen molar-refractivity contribution in [3.05, 3.63) is 63.2 Å². The van der Waals surface area contributed by atoms with E-state index in [1.54, 1.807) is 43.5 Å². The van der Waals surface area contributed by atoms with Gasteiger partial charge in [0.2, 0.25) is 15.8 Å². The van der Waals surface area contributed by atoms with Gasteiger partial charge in [0.1, 0.15) is 11.6 Å². The zero-order valence-corrected chi connectivity index (χ0v) is 18.7. The number of nitrogens with zero attached hydrogens (tertiary/aromatic N) is 1. The van der Waals surface area contributed by atoms with Gasteiger partial charge in [-0.25, -0.2) is 18.5 Å². The SMILES string of the molecule is COc1ccc(NC2=NC(N)(c3ccc(C)c(S(N)(=O)=O)c3)NC=C2Br)cc1Cl. The Morgan fingerprint density at radius 1 is 1.28 bits per heavy atom. The van der Waals surface area contributed by atoms with Crippen molar-refractivity contribution in [1.82, 2.24) is 5.32 Å². The Labute approximate surface area is 182 Å². The summed E-state index contributed by atoms with van der Waals surface area (Å²) in [7, 11) is -2.37. The van der Waals surface area contributed by atoms with Crippen LogP contribution in [-0.4, -0.2) is 21.4 Å². The number of aliphatic imine (C=N–C) groups is 1. The number of benzene rings is 2. The van der Waals surface area contributed by atoms with Crippen molar-refractivity contribution in [1.29, 1.82) is 0 Å². The number of hydrogen-bond acceptors (Lipinski definition) is 7. The topological polar surface area (TPSA) is 132 Å². The van der Waals surface area contributed by atoms with Gasteiger partial charge in [0, 0.05) is 17.5 Å². The summed E-state index contributed by atoms with van der Waals surface area (Å²) in [4.78, 5) is 4.52. The summed E-state index contributed by atoms with van der Waals surface area (Å²) >= 11 is 9.59. The van der Waals surface area contributed by atoms with E-state index in [1.165, 1.54) is 13.2 Å². The molecular formula is C18H19BrClN5O3S. The summed E-state index contributed by atoms with van der Waals surface area (Å²) in [6.45, 7) is 1.65. The number of ether oxygens (including phenoxy) is 1. The number of rotatable bonds is 4. The molecule has 154 valence electrons. The van der Waals surface area contributed by atoms with E-state index < -0.39 is 15.8 Å². The highest BCUT2D eigenvalue weighted by atomic mass is 79.9. The van der Waals surface area contributed by atoms with E-state index >= 15 is 0 Å². The lowest BCUT2D eigenvalue weighted by Gasteiger charge is -2.31. The molecule has 0 aromatic heterocycles. The fourth-order valence-electron chi connectivity index (χ4n) is 2.76. The predicted octanol–water partition coefficient (Wildman–Crippen LogP) is 2.72. The number of halogens is 2. The van der Waals surface area contributed by atoms with Gasteiger partial charge in [0.25, 0.3) is 0 Å². The van der Waals surface area contributed by atoms with Gasteiger partial charge >= 0.3 is 0 Å². The maximum Gasteiger partial charge on any atom is 0.238 e. The Bertz CT molecular complexity index is 1140. The van der Waals surface area contributed by atoms with E-state index in [-0.39, 0.29) is 4.90 Å². The molecule has 0 spiro atoms. The Morgan fingerprint density at radius 3 is 2.62 bits per heavy atom. The van der Waals surface area contributed by atoms with E-state index in [9.17, 15) is 8.42 Å². The Balaban J connectivity index is 1.99. The van der Waals surface area contributed by atoms with Crippen molar-refractivity contribution in [3.8, 4) is 5.75 Å². The highest BCUT2D eigenvalue weighted by molar-refractivity contribution is 9.12. The lowest BCUT2D eigenvalue weighted by Crippen LogP contribution is -2.50. The van der Waals surface area contributed by atoms with Crippen LogP contribution in [0.2, 0.25) is 5.02 Å². The molecule has 2 aromatic carbocycles. The summed E-state index contributed by atoms with van der Waals surface area (Å²) in [5.74, 6) is -0.448. The minimum absolute atomic E-state index is 0.0121. The first-order valence-corrected chi connectivity index (χ1v) is 11.0. The zero-order chi connectivity index (χ0) is 21.4. The zero-order valence-electron chi connectivity index (χ0n) is 15.5. The highest BCUT2D eigenvalue weighted by Crippen LogP contribution is 2.30. The van der Waals surface area contributed by atoms with E-state index in [1.807, 2.05) is 0 Å². The van der Waals surface area contributed by atoms with Gasteiger partial charge in [0.05, 0.1) is 21.5 Å². The van der Waals surface area contributed by atoms with Gasteiger partial charge in [-0.15, -0.1) is 0 Å². The van der Waals surface area contributed by atoms with E-state index in [0.717, 1.165) is 0 Å². The number of nitrogens with one attached hydrogen (secondary N) is 2. The Kier molecular flexibility index (Phi) is 5.93. The molecule has 1 unspecified atom stereocenters. The maximum atomic E-state index is 11.9. The van der Waals surface area contributed by atoms with Crippen LogP contribution in [0, 0.1) is 6.92 Å². The number of nitrogens with two attached hydrogens (primary N) is 2. The molecule has 3 rings (SSSR count). The van der Waals surface area contributed by atoms with Crippen molar-refractivity contribution < 1.29 is 13.2 Å². The third kappa shape index (κ3) is 4.57. The molecule has 1 aliphatic rings. The number of anilines is 1. The van der Waals surface area contributed by atoms with Crippen LogP contribution < -0.4 is 26.2 Å². The van der Waals surface area contributed by atoms with Crippen LogP contribution in [0.25, 0.3) is 0 Å². The molecule has 1 aliphatic heterocycles. The second-order valence-electron chi connectivity index (χ2n) is 6.36. The molecule has 0 bridgehead atoms. The van der Waals surface area contributed by atoms with Crippen LogP contribution in [0.5, 0.6) is 5.75 Å². The molecular weight excluding hydrogens is 482 g/mol. The number of primary sulfonamides is 1. The molecule has 2 aromatic rings. The number of amidine groups is 1. The van der Waals surface area contributed by atoms with Crippen molar-refractivity contribution in [2.24, 2.45) is 15.9 Å². The van der Waals surface area contributed by atoms with Crippen molar-refractivity contribution in [2.75, 3.05) is 12.4 Å². The van der Waals surface area contributed by atoms with E-state index in [4.69, 9.17) is 27.2 Å². The molecule has 0 amide bonds. The van der Waals surface area contributed by atoms with Crippen molar-refractivity contribution in [2.45, 2.75) is 17.6 Å². The lowest BCUT2D eigenvalue weighted by atomic mass is 10.1. The minimum atomic E-state index is -3.90. The quantitative estimate of drug-likeness (QED) is 0.510. The first kappa shape index (κ1) is 21.6. The van der Waals surface area contributed by atoms with Crippen LogP contribution >= 0.6 is 27.5 Å². The second-order valence-corrected chi connectivity index (χ2v) is 9.15. The van der Waals surface area contributed by atoms with Crippen LogP contribution in [0.3, 0.4) is 0 Å². The molecule has 0 radical (unpaired) electrons. The summed E-state index contributed by atoms with van der Waals surface area (Å²) in [6.07, 6.45) is 1.62. The number of sulfonamides is 1. The average Bonchev–Trinajstić information content (AvgIpc) is 2.64.